The number of rotatable bonds is 13. The third kappa shape index (κ3) is 11.6. The van der Waals surface area contributed by atoms with E-state index in [9.17, 15) is 9.59 Å². The Balaban J connectivity index is 3.24. The minimum Gasteiger partial charge on any atom is -0.300 e. The summed E-state index contributed by atoms with van der Waals surface area (Å²) in [6, 6.07) is 0. The predicted octanol–water partition coefficient (Wildman–Crippen LogP) is 4.62. The van der Waals surface area contributed by atoms with Gasteiger partial charge in [0.1, 0.15) is 5.78 Å². The molecule has 0 aromatic heterocycles. The van der Waals surface area contributed by atoms with Crippen molar-refractivity contribution in [2.24, 2.45) is 0 Å². The van der Waals surface area contributed by atoms with Gasteiger partial charge in [0.05, 0.1) is 0 Å². The second-order valence-corrected chi connectivity index (χ2v) is 4.93. The molecular weight excluding hydrogens is 224 g/mol. The maximum Gasteiger partial charge on any atom is 0.155 e. The smallest absolute Gasteiger partial charge is 0.155 e. The van der Waals surface area contributed by atoms with E-state index in [1.165, 1.54) is 25.3 Å². The Morgan fingerprint density at radius 1 is 0.833 bits per heavy atom. The van der Waals surface area contributed by atoms with Crippen molar-refractivity contribution in [1.82, 2.24) is 0 Å². The largest absolute Gasteiger partial charge is 0.300 e. The molecule has 0 unspecified atom stereocenters. The summed E-state index contributed by atoms with van der Waals surface area (Å²) in [5.74, 6) is 0.537. The lowest BCUT2D eigenvalue weighted by molar-refractivity contribution is -0.119. The van der Waals surface area contributed by atoms with Crippen LogP contribution in [-0.4, -0.2) is 11.6 Å². The summed E-state index contributed by atoms with van der Waals surface area (Å²) in [6.45, 7) is 5.63. The molecular formula is C16H28O2. The van der Waals surface area contributed by atoms with Crippen molar-refractivity contribution in [1.29, 1.82) is 0 Å². The number of carbonyl (C=O) groups excluding carboxylic acids is 2. The predicted molar refractivity (Wildman–Crippen MR) is 76.7 cm³/mol. The van der Waals surface area contributed by atoms with Gasteiger partial charge in [-0.2, -0.15) is 0 Å². The van der Waals surface area contributed by atoms with Crippen LogP contribution in [0.2, 0.25) is 0 Å². The molecule has 18 heavy (non-hydrogen) atoms. The molecule has 0 heterocycles. The van der Waals surface area contributed by atoms with Crippen molar-refractivity contribution < 1.29 is 9.59 Å². The Hall–Kier alpha value is -0.920. The first-order valence-corrected chi connectivity index (χ1v) is 7.37. The van der Waals surface area contributed by atoms with E-state index in [1.54, 1.807) is 0 Å². The van der Waals surface area contributed by atoms with E-state index in [1.807, 2.05) is 0 Å². The minimum absolute atomic E-state index is 0.127. The molecule has 0 aliphatic carbocycles. The van der Waals surface area contributed by atoms with Gasteiger partial charge in [0.2, 0.25) is 0 Å². The van der Waals surface area contributed by atoms with Crippen molar-refractivity contribution in [3.8, 4) is 0 Å². The summed E-state index contributed by atoms with van der Waals surface area (Å²) >= 11 is 0. The zero-order valence-corrected chi connectivity index (χ0v) is 11.9. The topological polar surface area (TPSA) is 34.1 Å². The standard InChI is InChI=1S/C16H28O2/c1-3-5-6-9-13-16(18)14-11-8-7-10-12-15(17)4-2/h4H,2-3,5-14H2,1H3. The van der Waals surface area contributed by atoms with Crippen molar-refractivity contribution in [3.05, 3.63) is 12.7 Å². The van der Waals surface area contributed by atoms with Crippen LogP contribution in [-0.2, 0) is 9.59 Å². The minimum atomic E-state index is 0.127. The zero-order chi connectivity index (χ0) is 13.6. The summed E-state index contributed by atoms with van der Waals surface area (Å²) < 4.78 is 0. The van der Waals surface area contributed by atoms with Gasteiger partial charge in [-0.3, -0.25) is 9.59 Å². The first-order valence-electron chi connectivity index (χ1n) is 7.37. The molecule has 0 spiro atoms. The number of unbranched alkanes of at least 4 members (excludes halogenated alkanes) is 6. The Labute approximate surface area is 112 Å². The van der Waals surface area contributed by atoms with Gasteiger partial charge < -0.3 is 0 Å². The van der Waals surface area contributed by atoms with Crippen LogP contribution >= 0.6 is 0 Å². The van der Waals surface area contributed by atoms with Crippen molar-refractivity contribution in [2.75, 3.05) is 0 Å². The van der Waals surface area contributed by atoms with E-state index < -0.39 is 0 Å². The summed E-state index contributed by atoms with van der Waals surface area (Å²) in [6.07, 6.45) is 12.2. The van der Waals surface area contributed by atoms with E-state index in [0.29, 0.717) is 12.2 Å². The summed E-state index contributed by atoms with van der Waals surface area (Å²) in [7, 11) is 0. The fourth-order valence-electron chi connectivity index (χ4n) is 1.95. The van der Waals surface area contributed by atoms with Crippen LogP contribution in [0.4, 0.5) is 0 Å². The van der Waals surface area contributed by atoms with Gasteiger partial charge in [0.25, 0.3) is 0 Å². The third-order valence-electron chi connectivity index (χ3n) is 3.17. The lowest BCUT2D eigenvalue weighted by Crippen LogP contribution is -1.98. The first kappa shape index (κ1) is 17.1. The molecule has 0 amide bonds. The summed E-state index contributed by atoms with van der Waals surface area (Å²) in [5.41, 5.74) is 0. The number of hydrogen-bond donors (Lipinski definition) is 0. The van der Waals surface area contributed by atoms with Crippen LogP contribution in [0.1, 0.15) is 77.6 Å². The monoisotopic (exact) mass is 252 g/mol. The molecule has 0 fully saturated rings. The molecule has 0 aliphatic heterocycles. The van der Waals surface area contributed by atoms with Crippen LogP contribution in [0.25, 0.3) is 0 Å². The molecule has 2 heteroatoms. The molecule has 0 saturated heterocycles. The van der Waals surface area contributed by atoms with Gasteiger partial charge in [0, 0.05) is 19.3 Å². The average Bonchev–Trinajstić information content (AvgIpc) is 2.38. The van der Waals surface area contributed by atoms with Gasteiger partial charge in [-0.25, -0.2) is 0 Å². The van der Waals surface area contributed by atoms with E-state index in [2.05, 4.69) is 13.5 Å². The fraction of sp³-hybridized carbons (Fsp3) is 0.750. The van der Waals surface area contributed by atoms with Crippen LogP contribution in [0.15, 0.2) is 12.7 Å². The molecule has 0 saturated carbocycles. The molecule has 0 atom stereocenters. The van der Waals surface area contributed by atoms with Crippen molar-refractivity contribution in [3.63, 3.8) is 0 Å². The van der Waals surface area contributed by atoms with E-state index >= 15 is 0 Å². The highest BCUT2D eigenvalue weighted by atomic mass is 16.1. The number of Topliss-reactive ketones (excluding diaryl/α,β-unsaturated/α-hetero) is 1. The van der Waals surface area contributed by atoms with Gasteiger partial charge in [-0.05, 0) is 25.3 Å². The number of carbonyl (C=O) groups is 2. The fourth-order valence-corrected chi connectivity index (χ4v) is 1.95. The van der Waals surface area contributed by atoms with Crippen LogP contribution in [0.3, 0.4) is 0 Å². The van der Waals surface area contributed by atoms with Gasteiger partial charge in [-0.15, -0.1) is 0 Å². The number of allylic oxidation sites excluding steroid dienone is 1. The van der Waals surface area contributed by atoms with Crippen LogP contribution in [0, 0.1) is 0 Å². The highest BCUT2D eigenvalue weighted by Crippen LogP contribution is 2.09. The summed E-state index contributed by atoms with van der Waals surface area (Å²) in [5, 5.41) is 0. The molecule has 0 aromatic rings. The molecule has 104 valence electrons. The first-order chi connectivity index (χ1) is 8.70. The molecule has 0 bridgehead atoms. The second kappa shape index (κ2) is 12.5. The average molecular weight is 252 g/mol. The Bertz CT molecular complexity index is 243. The van der Waals surface area contributed by atoms with Crippen LogP contribution < -0.4 is 0 Å². The highest BCUT2D eigenvalue weighted by molar-refractivity contribution is 5.88. The molecule has 0 aliphatic rings. The Morgan fingerprint density at radius 3 is 1.83 bits per heavy atom. The normalized spacial score (nSPS) is 10.3. The maximum atomic E-state index is 11.5. The van der Waals surface area contributed by atoms with Gasteiger partial charge in [0.15, 0.2) is 5.78 Å². The van der Waals surface area contributed by atoms with E-state index in [-0.39, 0.29) is 5.78 Å². The molecule has 0 N–H and O–H groups in total. The molecule has 0 radical (unpaired) electrons. The summed E-state index contributed by atoms with van der Waals surface area (Å²) in [4.78, 5) is 22.5. The van der Waals surface area contributed by atoms with E-state index in [4.69, 9.17) is 0 Å². The quantitative estimate of drug-likeness (QED) is 0.354. The van der Waals surface area contributed by atoms with Gasteiger partial charge >= 0.3 is 0 Å². The zero-order valence-electron chi connectivity index (χ0n) is 11.9. The lowest BCUT2D eigenvalue weighted by Gasteiger charge is -2.01. The number of hydrogen-bond acceptors (Lipinski definition) is 2. The van der Waals surface area contributed by atoms with Crippen molar-refractivity contribution in [2.45, 2.75) is 77.6 Å². The van der Waals surface area contributed by atoms with Crippen LogP contribution in [0.5, 0.6) is 0 Å². The molecule has 2 nitrogen and oxygen atoms in total. The lowest BCUT2D eigenvalue weighted by atomic mass is 10.0. The van der Waals surface area contributed by atoms with Crippen molar-refractivity contribution >= 4 is 11.6 Å². The van der Waals surface area contributed by atoms with E-state index in [0.717, 1.165) is 44.9 Å². The Morgan fingerprint density at radius 2 is 1.33 bits per heavy atom. The SMILES string of the molecule is C=CC(=O)CCCCCCC(=O)CCCCCC. The third-order valence-corrected chi connectivity index (χ3v) is 3.17. The number of ketones is 2. The maximum absolute atomic E-state index is 11.5. The van der Waals surface area contributed by atoms with Gasteiger partial charge in [-0.1, -0.05) is 45.6 Å². The molecule has 0 rings (SSSR count). The molecule has 0 aromatic carbocycles. The Kier molecular flexibility index (Phi) is 11.9. The highest BCUT2D eigenvalue weighted by Gasteiger charge is 2.02. The second-order valence-electron chi connectivity index (χ2n) is 4.93.